The van der Waals surface area contributed by atoms with Crippen molar-refractivity contribution in [3.63, 3.8) is 0 Å². The van der Waals surface area contributed by atoms with Crippen LogP contribution in [0.1, 0.15) is 33.6 Å². The minimum Gasteiger partial charge on any atom is -0.441 e. The van der Waals surface area contributed by atoms with Crippen LogP contribution in [-0.2, 0) is 9.53 Å². The molecule has 2 saturated heterocycles. The van der Waals surface area contributed by atoms with Crippen molar-refractivity contribution in [2.45, 2.75) is 44.9 Å². The summed E-state index contributed by atoms with van der Waals surface area (Å²) < 4.78 is 5.57. The van der Waals surface area contributed by atoms with Gasteiger partial charge in [-0.1, -0.05) is 0 Å². The van der Waals surface area contributed by atoms with Crippen LogP contribution < -0.4 is 0 Å². The number of rotatable bonds is 0. The first-order chi connectivity index (χ1) is 7.33. The van der Waals surface area contributed by atoms with Crippen molar-refractivity contribution in [3.8, 4) is 0 Å². The van der Waals surface area contributed by atoms with E-state index in [1.165, 1.54) is 0 Å². The van der Waals surface area contributed by atoms with E-state index in [-0.39, 0.29) is 17.2 Å². The van der Waals surface area contributed by atoms with Gasteiger partial charge in [0.25, 0.3) is 0 Å². The van der Waals surface area contributed by atoms with Gasteiger partial charge in [0.2, 0.25) is 0 Å². The second kappa shape index (κ2) is 3.70. The van der Waals surface area contributed by atoms with E-state index in [1.807, 2.05) is 7.05 Å². The number of ether oxygens (including phenoxy) is 1. The molecule has 0 bridgehead atoms. The number of esters is 1. The molecule has 0 radical (unpaired) electrons. The van der Waals surface area contributed by atoms with Crippen LogP contribution in [-0.4, -0.2) is 53.7 Å². The molecule has 0 aromatic carbocycles. The highest BCUT2D eigenvalue weighted by atomic mass is 16.6. The lowest BCUT2D eigenvalue weighted by Gasteiger charge is -2.47. The summed E-state index contributed by atoms with van der Waals surface area (Å²) in [5.41, 5.74) is -0.216. The quantitative estimate of drug-likeness (QED) is 0.578. The third-order valence-electron chi connectivity index (χ3n) is 3.75. The monoisotopic (exact) mass is 226 g/mol. The number of piperidine rings is 1. The van der Waals surface area contributed by atoms with Gasteiger partial charge in [0.05, 0.1) is 13.1 Å². The van der Waals surface area contributed by atoms with E-state index in [1.54, 1.807) is 0 Å². The average Bonchev–Trinajstić information content (AvgIpc) is 2.40. The van der Waals surface area contributed by atoms with Gasteiger partial charge in [-0.05, 0) is 40.8 Å². The maximum Gasteiger partial charge on any atom is 0.322 e. The molecule has 0 amide bonds. The molecule has 2 aliphatic heterocycles. The summed E-state index contributed by atoms with van der Waals surface area (Å²) >= 11 is 0. The Balaban J connectivity index is 2.15. The van der Waals surface area contributed by atoms with Crippen LogP contribution in [0.2, 0.25) is 0 Å². The molecule has 1 atom stereocenters. The standard InChI is InChI=1S/C12H22N2O2/c1-11(2,3)14-7-5-6-12(9-14)13(4)8-10(15)16-12/h5-9H2,1-4H3. The minimum absolute atomic E-state index is 0.0849. The van der Waals surface area contributed by atoms with Crippen LogP contribution in [0.25, 0.3) is 0 Å². The first kappa shape index (κ1) is 11.9. The minimum atomic E-state index is -0.359. The molecule has 2 aliphatic rings. The Labute approximate surface area is 97.5 Å². The molecule has 0 aromatic heterocycles. The fraction of sp³-hybridized carbons (Fsp3) is 0.917. The average molecular weight is 226 g/mol. The highest BCUT2D eigenvalue weighted by Gasteiger charge is 2.49. The normalized spacial score (nSPS) is 33.4. The van der Waals surface area contributed by atoms with E-state index in [0.717, 1.165) is 25.9 Å². The Hall–Kier alpha value is -0.610. The molecule has 2 fully saturated rings. The second-order valence-electron chi connectivity index (χ2n) is 5.97. The molecule has 16 heavy (non-hydrogen) atoms. The number of carbonyl (C=O) groups is 1. The third-order valence-corrected chi connectivity index (χ3v) is 3.75. The molecule has 0 N–H and O–H groups in total. The smallest absolute Gasteiger partial charge is 0.322 e. The molecule has 1 spiro atoms. The van der Waals surface area contributed by atoms with Crippen molar-refractivity contribution < 1.29 is 9.53 Å². The zero-order valence-electron chi connectivity index (χ0n) is 10.7. The molecule has 4 nitrogen and oxygen atoms in total. The lowest BCUT2D eigenvalue weighted by molar-refractivity contribution is -0.165. The topological polar surface area (TPSA) is 32.8 Å². The number of hydrogen-bond donors (Lipinski definition) is 0. The van der Waals surface area contributed by atoms with Gasteiger partial charge in [-0.25, -0.2) is 0 Å². The van der Waals surface area contributed by atoms with Crippen molar-refractivity contribution >= 4 is 5.97 Å². The highest BCUT2D eigenvalue weighted by Crippen LogP contribution is 2.34. The molecule has 0 aromatic rings. The zero-order valence-corrected chi connectivity index (χ0v) is 10.7. The Morgan fingerprint density at radius 1 is 1.38 bits per heavy atom. The Bertz CT molecular complexity index is 298. The number of nitrogens with zero attached hydrogens (tertiary/aromatic N) is 2. The number of likely N-dealkylation sites (tertiary alicyclic amines) is 1. The van der Waals surface area contributed by atoms with Crippen LogP contribution in [0.3, 0.4) is 0 Å². The molecule has 92 valence electrons. The maximum absolute atomic E-state index is 11.4. The van der Waals surface area contributed by atoms with Crippen LogP contribution in [0.15, 0.2) is 0 Å². The summed E-state index contributed by atoms with van der Waals surface area (Å²) in [5, 5.41) is 0. The fourth-order valence-electron chi connectivity index (χ4n) is 2.63. The van der Waals surface area contributed by atoms with Crippen LogP contribution in [0.4, 0.5) is 0 Å². The van der Waals surface area contributed by atoms with Gasteiger partial charge >= 0.3 is 5.97 Å². The summed E-state index contributed by atoms with van der Waals surface area (Å²) in [4.78, 5) is 15.9. The van der Waals surface area contributed by atoms with Gasteiger partial charge in [0.1, 0.15) is 0 Å². The lowest BCUT2D eigenvalue weighted by atomic mass is 9.95. The fourth-order valence-corrected chi connectivity index (χ4v) is 2.63. The number of hydrogen-bond acceptors (Lipinski definition) is 4. The van der Waals surface area contributed by atoms with Crippen molar-refractivity contribution in [2.75, 3.05) is 26.7 Å². The molecule has 4 heteroatoms. The number of likely N-dealkylation sites (N-methyl/N-ethyl adjacent to an activating group) is 1. The van der Waals surface area contributed by atoms with Crippen LogP contribution >= 0.6 is 0 Å². The summed E-state index contributed by atoms with van der Waals surface area (Å²) in [5.74, 6) is -0.0849. The van der Waals surface area contributed by atoms with E-state index in [4.69, 9.17) is 4.74 Å². The van der Waals surface area contributed by atoms with Crippen molar-refractivity contribution in [1.82, 2.24) is 9.80 Å². The molecule has 2 heterocycles. The van der Waals surface area contributed by atoms with Gasteiger partial charge in [0, 0.05) is 12.0 Å². The van der Waals surface area contributed by atoms with Crippen molar-refractivity contribution in [2.24, 2.45) is 0 Å². The SMILES string of the molecule is CN1CC(=O)OC12CCCN(C(C)(C)C)C2. The molecule has 0 saturated carbocycles. The Morgan fingerprint density at radius 3 is 2.56 bits per heavy atom. The molecule has 2 rings (SSSR count). The largest absolute Gasteiger partial charge is 0.441 e. The highest BCUT2D eigenvalue weighted by molar-refractivity contribution is 5.74. The van der Waals surface area contributed by atoms with E-state index >= 15 is 0 Å². The Morgan fingerprint density at radius 2 is 2.06 bits per heavy atom. The van der Waals surface area contributed by atoms with E-state index < -0.39 is 0 Å². The van der Waals surface area contributed by atoms with Gasteiger partial charge in [-0.3, -0.25) is 14.6 Å². The molecule has 0 aliphatic carbocycles. The van der Waals surface area contributed by atoms with Gasteiger partial charge in [-0.2, -0.15) is 0 Å². The second-order valence-corrected chi connectivity index (χ2v) is 5.97. The zero-order chi connectivity index (χ0) is 12.0. The third kappa shape index (κ3) is 1.96. The van der Waals surface area contributed by atoms with E-state index in [9.17, 15) is 4.79 Å². The predicted octanol–water partition coefficient (Wildman–Crippen LogP) is 1.07. The van der Waals surface area contributed by atoms with Gasteiger partial charge < -0.3 is 4.74 Å². The summed E-state index contributed by atoms with van der Waals surface area (Å²) in [6, 6.07) is 0. The van der Waals surface area contributed by atoms with Crippen LogP contribution in [0.5, 0.6) is 0 Å². The van der Waals surface area contributed by atoms with Crippen molar-refractivity contribution in [1.29, 1.82) is 0 Å². The van der Waals surface area contributed by atoms with E-state index in [0.29, 0.717) is 6.54 Å². The molecular weight excluding hydrogens is 204 g/mol. The molecular formula is C12H22N2O2. The summed E-state index contributed by atoms with van der Waals surface area (Å²) in [7, 11) is 1.98. The first-order valence-electron chi connectivity index (χ1n) is 6.02. The Kier molecular flexibility index (Phi) is 2.75. The number of carbonyl (C=O) groups excluding carboxylic acids is 1. The van der Waals surface area contributed by atoms with Crippen LogP contribution in [0, 0.1) is 0 Å². The summed E-state index contributed by atoms with van der Waals surface area (Å²) in [6.07, 6.45) is 2.05. The molecule has 1 unspecified atom stereocenters. The van der Waals surface area contributed by atoms with Gasteiger partial charge in [0.15, 0.2) is 5.72 Å². The lowest BCUT2D eigenvalue weighted by Crippen LogP contribution is -2.59. The first-order valence-corrected chi connectivity index (χ1v) is 6.02. The van der Waals surface area contributed by atoms with Gasteiger partial charge in [-0.15, -0.1) is 0 Å². The maximum atomic E-state index is 11.4. The van der Waals surface area contributed by atoms with E-state index in [2.05, 4.69) is 30.6 Å². The predicted molar refractivity (Wildman–Crippen MR) is 62.0 cm³/mol. The van der Waals surface area contributed by atoms with Crippen molar-refractivity contribution in [3.05, 3.63) is 0 Å². The summed E-state index contributed by atoms with van der Waals surface area (Å²) in [6.45, 7) is 8.99.